The lowest BCUT2D eigenvalue weighted by Gasteiger charge is -2.05. The van der Waals surface area contributed by atoms with E-state index in [2.05, 4.69) is 5.32 Å². The van der Waals surface area contributed by atoms with Gasteiger partial charge in [-0.3, -0.25) is 14.2 Å². The summed E-state index contributed by atoms with van der Waals surface area (Å²) in [6.45, 7) is 4.10. The third-order valence-corrected chi connectivity index (χ3v) is 3.71. The average molecular weight is 266 g/mol. The van der Waals surface area contributed by atoms with Crippen molar-refractivity contribution in [2.24, 2.45) is 0 Å². The first-order chi connectivity index (χ1) is 8.58. The number of aryl methyl sites for hydroxylation is 1. The maximum Gasteiger partial charge on any atom is 0.308 e. The van der Waals surface area contributed by atoms with E-state index in [4.69, 9.17) is 4.42 Å². The highest BCUT2D eigenvalue weighted by Gasteiger charge is 2.11. The normalized spacial score (nSPS) is 10.6. The Labute approximate surface area is 108 Å². The van der Waals surface area contributed by atoms with Gasteiger partial charge in [0.15, 0.2) is 0 Å². The van der Waals surface area contributed by atoms with Crippen molar-refractivity contribution >= 4 is 17.2 Å². The molecule has 0 saturated carbocycles. The standard InChI is InChI=1S/C12H14N2O3S/c1-8-9(2)18-12(16)14(8)7-11(15)13-6-10-4-3-5-17-10/h3-5H,6-7H2,1-2H3,(H,13,15). The average Bonchev–Trinajstić information content (AvgIpc) is 2.92. The van der Waals surface area contributed by atoms with Crippen molar-refractivity contribution in [1.29, 1.82) is 0 Å². The molecule has 96 valence electrons. The molecule has 0 spiro atoms. The van der Waals surface area contributed by atoms with Crippen molar-refractivity contribution < 1.29 is 9.21 Å². The van der Waals surface area contributed by atoms with Crippen molar-refractivity contribution in [3.05, 3.63) is 44.4 Å². The Bertz CT molecular complexity index is 595. The smallest absolute Gasteiger partial charge is 0.308 e. The van der Waals surface area contributed by atoms with Crippen LogP contribution < -0.4 is 10.2 Å². The van der Waals surface area contributed by atoms with E-state index in [1.807, 2.05) is 13.8 Å². The number of nitrogens with one attached hydrogen (secondary N) is 1. The van der Waals surface area contributed by atoms with Gasteiger partial charge in [0.1, 0.15) is 12.3 Å². The van der Waals surface area contributed by atoms with Crippen molar-refractivity contribution in [1.82, 2.24) is 9.88 Å². The first kappa shape index (κ1) is 12.6. The van der Waals surface area contributed by atoms with E-state index in [1.165, 1.54) is 4.57 Å². The van der Waals surface area contributed by atoms with E-state index < -0.39 is 0 Å². The summed E-state index contributed by atoms with van der Waals surface area (Å²) in [5.74, 6) is 0.489. The van der Waals surface area contributed by atoms with Crippen LogP contribution in [0.15, 0.2) is 27.6 Å². The minimum absolute atomic E-state index is 0.0513. The lowest BCUT2D eigenvalue weighted by molar-refractivity contribution is -0.122. The van der Waals surface area contributed by atoms with E-state index in [1.54, 1.807) is 18.4 Å². The molecule has 0 atom stereocenters. The quantitative estimate of drug-likeness (QED) is 0.910. The summed E-state index contributed by atoms with van der Waals surface area (Å²) in [5.41, 5.74) is 0.846. The first-order valence-electron chi connectivity index (χ1n) is 5.54. The van der Waals surface area contributed by atoms with Crippen LogP contribution in [-0.4, -0.2) is 10.5 Å². The van der Waals surface area contributed by atoms with Crippen LogP contribution in [0.1, 0.15) is 16.3 Å². The van der Waals surface area contributed by atoms with Crippen LogP contribution in [0.3, 0.4) is 0 Å². The van der Waals surface area contributed by atoms with Gasteiger partial charge in [-0.25, -0.2) is 0 Å². The van der Waals surface area contributed by atoms with E-state index >= 15 is 0 Å². The van der Waals surface area contributed by atoms with Gasteiger partial charge >= 0.3 is 4.87 Å². The monoisotopic (exact) mass is 266 g/mol. The number of hydrogen-bond acceptors (Lipinski definition) is 4. The van der Waals surface area contributed by atoms with Crippen molar-refractivity contribution in [3.63, 3.8) is 0 Å². The third-order valence-electron chi connectivity index (χ3n) is 2.72. The topological polar surface area (TPSA) is 64.2 Å². The van der Waals surface area contributed by atoms with Gasteiger partial charge in [-0.05, 0) is 26.0 Å². The van der Waals surface area contributed by atoms with Gasteiger partial charge in [-0.15, -0.1) is 0 Å². The molecule has 0 aliphatic rings. The summed E-state index contributed by atoms with van der Waals surface area (Å²) in [5, 5.41) is 2.71. The zero-order valence-electron chi connectivity index (χ0n) is 10.2. The number of nitrogens with zero attached hydrogens (tertiary/aromatic N) is 1. The molecule has 0 unspecified atom stereocenters. The number of hydrogen-bond donors (Lipinski definition) is 1. The van der Waals surface area contributed by atoms with E-state index in [0.29, 0.717) is 12.3 Å². The van der Waals surface area contributed by atoms with Crippen LogP contribution >= 0.6 is 11.3 Å². The number of furan rings is 1. The van der Waals surface area contributed by atoms with Gasteiger partial charge < -0.3 is 9.73 Å². The molecular formula is C12H14N2O3S. The van der Waals surface area contributed by atoms with Crippen LogP contribution in [0.25, 0.3) is 0 Å². The Morgan fingerprint density at radius 1 is 1.50 bits per heavy atom. The Hall–Kier alpha value is -1.82. The summed E-state index contributed by atoms with van der Waals surface area (Å²) >= 11 is 1.16. The molecule has 1 amide bonds. The largest absolute Gasteiger partial charge is 0.467 e. The van der Waals surface area contributed by atoms with Gasteiger partial charge in [-0.2, -0.15) is 0 Å². The number of carbonyl (C=O) groups excluding carboxylic acids is 1. The number of amides is 1. The predicted molar refractivity (Wildman–Crippen MR) is 68.6 cm³/mol. The van der Waals surface area contributed by atoms with Crippen LogP contribution in [0.2, 0.25) is 0 Å². The molecule has 0 aromatic carbocycles. The van der Waals surface area contributed by atoms with Gasteiger partial charge in [0.25, 0.3) is 0 Å². The highest BCUT2D eigenvalue weighted by atomic mass is 32.1. The fraction of sp³-hybridized carbons (Fsp3) is 0.333. The zero-order chi connectivity index (χ0) is 13.1. The molecule has 0 bridgehead atoms. The number of thiazole rings is 1. The second kappa shape index (κ2) is 5.22. The molecule has 2 rings (SSSR count). The highest BCUT2D eigenvalue weighted by molar-refractivity contribution is 7.09. The minimum Gasteiger partial charge on any atom is -0.467 e. The summed E-state index contributed by atoms with van der Waals surface area (Å²) in [4.78, 5) is 24.2. The Morgan fingerprint density at radius 2 is 2.28 bits per heavy atom. The van der Waals surface area contributed by atoms with E-state index in [0.717, 1.165) is 21.9 Å². The molecule has 2 aromatic heterocycles. The van der Waals surface area contributed by atoms with Crippen molar-refractivity contribution in [2.75, 3.05) is 0 Å². The Morgan fingerprint density at radius 3 is 2.83 bits per heavy atom. The van der Waals surface area contributed by atoms with Crippen LogP contribution in [0, 0.1) is 13.8 Å². The van der Waals surface area contributed by atoms with Crippen LogP contribution in [0.5, 0.6) is 0 Å². The molecule has 18 heavy (non-hydrogen) atoms. The van der Waals surface area contributed by atoms with Crippen LogP contribution in [0.4, 0.5) is 0 Å². The summed E-state index contributed by atoms with van der Waals surface area (Å²) in [6, 6.07) is 3.55. The first-order valence-corrected chi connectivity index (χ1v) is 6.35. The van der Waals surface area contributed by atoms with Crippen molar-refractivity contribution in [3.8, 4) is 0 Å². The van der Waals surface area contributed by atoms with Gasteiger partial charge in [0.05, 0.1) is 12.8 Å². The second-order valence-corrected chi connectivity index (χ2v) is 5.12. The molecule has 0 saturated heterocycles. The summed E-state index contributed by atoms with van der Waals surface area (Å²) in [7, 11) is 0. The van der Waals surface area contributed by atoms with Gasteiger partial charge in [0.2, 0.25) is 5.91 Å². The molecule has 0 fully saturated rings. The fourth-order valence-corrected chi connectivity index (χ4v) is 2.40. The van der Waals surface area contributed by atoms with Gasteiger partial charge in [0, 0.05) is 10.6 Å². The summed E-state index contributed by atoms with van der Waals surface area (Å²) < 4.78 is 6.59. The molecule has 6 heteroatoms. The molecule has 2 aromatic rings. The fourth-order valence-electron chi connectivity index (χ4n) is 1.57. The molecule has 0 radical (unpaired) electrons. The molecular weight excluding hydrogens is 252 g/mol. The predicted octanol–water partition coefficient (Wildman–Crippen LogP) is 1.44. The Balaban J connectivity index is 1.97. The van der Waals surface area contributed by atoms with E-state index in [-0.39, 0.29) is 17.3 Å². The molecule has 1 N–H and O–H groups in total. The third kappa shape index (κ3) is 2.70. The van der Waals surface area contributed by atoms with Crippen molar-refractivity contribution in [2.45, 2.75) is 26.9 Å². The Kier molecular flexibility index (Phi) is 3.66. The summed E-state index contributed by atoms with van der Waals surface area (Å²) in [6.07, 6.45) is 1.55. The van der Waals surface area contributed by atoms with Gasteiger partial charge in [-0.1, -0.05) is 11.3 Å². The minimum atomic E-state index is -0.200. The number of aromatic nitrogens is 1. The molecule has 0 aliphatic carbocycles. The lowest BCUT2D eigenvalue weighted by atomic mass is 10.4. The zero-order valence-corrected chi connectivity index (χ0v) is 11.0. The SMILES string of the molecule is Cc1sc(=O)n(CC(=O)NCc2ccco2)c1C. The highest BCUT2D eigenvalue weighted by Crippen LogP contribution is 2.08. The molecule has 5 nitrogen and oxygen atoms in total. The lowest BCUT2D eigenvalue weighted by Crippen LogP contribution is -2.30. The van der Waals surface area contributed by atoms with Crippen LogP contribution in [-0.2, 0) is 17.9 Å². The molecule has 0 aliphatic heterocycles. The second-order valence-electron chi connectivity index (χ2n) is 3.95. The maximum absolute atomic E-state index is 11.7. The molecule has 2 heterocycles. The number of carbonyl (C=O) groups is 1. The van der Waals surface area contributed by atoms with E-state index in [9.17, 15) is 9.59 Å². The maximum atomic E-state index is 11.7. The number of rotatable bonds is 4.